The third-order valence-corrected chi connectivity index (χ3v) is 4.92. The van der Waals surface area contributed by atoms with E-state index in [1.165, 1.54) is 0 Å². The van der Waals surface area contributed by atoms with E-state index in [9.17, 15) is 4.79 Å². The van der Waals surface area contributed by atoms with Gasteiger partial charge in [-0.15, -0.1) is 0 Å². The average Bonchev–Trinajstić information content (AvgIpc) is 3.08. The lowest BCUT2D eigenvalue weighted by Crippen LogP contribution is -2.51. The van der Waals surface area contributed by atoms with Gasteiger partial charge in [0.05, 0.1) is 20.4 Å². The number of ether oxygens (including phenoxy) is 2. The number of amides is 1. The van der Waals surface area contributed by atoms with Gasteiger partial charge in [-0.2, -0.15) is 0 Å². The Bertz CT molecular complexity index is 723. The first kappa shape index (κ1) is 17.3. The molecule has 0 saturated heterocycles. The molecule has 1 aliphatic carbocycles. The summed E-state index contributed by atoms with van der Waals surface area (Å²) in [5.74, 6) is 2.07. The highest BCUT2D eigenvalue weighted by atomic mass is 16.5. The Balaban J connectivity index is 1.66. The molecule has 6 heteroatoms. The maximum absolute atomic E-state index is 12.8. The Morgan fingerprint density at radius 1 is 1.28 bits per heavy atom. The van der Waals surface area contributed by atoms with Crippen molar-refractivity contribution in [2.24, 2.45) is 0 Å². The SMILES string of the molecule is COc1ccc(CC(C)NC(=O)C2(c3ccno3)CCC2)cc1OC. The van der Waals surface area contributed by atoms with Crippen molar-refractivity contribution in [2.75, 3.05) is 14.2 Å². The highest BCUT2D eigenvalue weighted by Gasteiger charge is 2.48. The highest BCUT2D eigenvalue weighted by molar-refractivity contribution is 5.88. The third kappa shape index (κ3) is 3.34. The van der Waals surface area contributed by atoms with Crippen LogP contribution in [-0.2, 0) is 16.6 Å². The summed E-state index contributed by atoms with van der Waals surface area (Å²) in [4.78, 5) is 12.8. The fourth-order valence-corrected chi connectivity index (χ4v) is 3.35. The molecule has 2 aromatic rings. The van der Waals surface area contributed by atoms with Crippen LogP contribution in [0.4, 0.5) is 0 Å². The van der Waals surface area contributed by atoms with Gasteiger partial charge in [0, 0.05) is 12.1 Å². The van der Waals surface area contributed by atoms with Crippen LogP contribution in [0.25, 0.3) is 0 Å². The van der Waals surface area contributed by atoms with Crippen molar-refractivity contribution in [2.45, 2.75) is 44.1 Å². The van der Waals surface area contributed by atoms with Crippen molar-refractivity contribution >= 4 is 5.91 Å². The lowest BCUT2D eigenvalue weighted by Gasteiger charge is -2.38. The van der Waals surface area contributed by atoms with E-state index in [0.717, 1.165) is 24.8 Å². The van der Waals surface area contributed by atoms with Crippen LogP contribution in [0.15, 0.2) is 35.0 Å². The van der Waals surface area contributed by atoms with Gasteiger partial charge < -0.3 is 19.3 Å². The molecule has 0 radical (unpaired) electrons. The van der Waals surface area contributed by atoms with Crippen LogP contribution in [0.1, 0.15) is 37.5 Å². The standard InChI is InChI=1S/C19H24N2O4/c1-13(11-14-5-6-15(23-2)16(12-14)24-3)21-18(22)19(8-4-9-19)17-7-10-20-25-17/h5-7,10,12-13H,4,8-9,11H2,1-3H3,(H,21,22). The first-order chi connectivity index (χ1) is 12.1. The number of nitrogens with one attached hydrogen (secondary N) is 1. The molecule has 134 valence electrons. The Kier molecular flexibility index (Phi) is 4.97. The molecule has 1 heterocycles. The molecule has 1 aromatic carbocycles. The van der Waals surface area contributed by atoms with Crippen molar-refractivity contribution < 1.29 is 18.8 Å². The number of methoxy groups -OCH3 is 2. The van der Waals surface area contributed by atoms with Gasteiger partial charge in [-0.3, -0.25) is 4.79 Å². The first-order valence-electron chi connectivity index (χ1n) is 8.52. The van der Waals surface area contributed by atoms with E-state index < -0.39 is 5.41 Å². The lowest BCUT2D eigenvalue weighted by molar-refractivity contribution is -0.131. The second-order valence-electron chi connectivity index (χ2n) is 6.58. The Morgan fingerprint density at radius 2 is 2.04 bits per heavy atom. The van der Waals surface area contributed by atoms with E-state index in [2.05, 4.69) is 10.5 Å². The van der Waals surface area contributed by atoms with Crippen molar-refractivity contribution in [1.29, 1.82) is 0 Å². The van der Waals surface area contributed by atoms with Crippen LogP contribution in [0.5, 0.6) is 11.5 Å². The van der Waals surface area contributed by atoms with Gasteiger partial charge in [0.15, 0.2) is 17.3 Å². The predicted molar refractivity (Wildman–Crippen MR) is 92.9 cm³/mol. The number of carbonyl (C=O) groups is 1. The Morgan fingerprint density at radius 3 is 2.60 bits per heavy atom. The minimum atomic E-state index is -0.553. The van der Waals surface area contributed by atoms with E-state index in [1.807, 2.05) is 25.1 Å². The number of carbonyl (C=O) groups excluding carboxylic acids is 1. The summed E-state index contributed by atoms with van der Waals surface area (Å²) in [5.41, 5.74) is 0.523. The molecule has 1 fully saturated rings. The maximum atomic E-state index is 12.8. The van der Waals surface area contributed by atoms with E-state index in [-0.39, 0.29) is 11.9 Å². The van der Waals surface area contributed by atoms with Gasteiger partial charge >= 0.3 is 0 Å². The largest absolute Gasteiger partial charge is 0.493 e. The molecule has 0 bridgehead atoms. The second kappa shape index (κ2) is 7.17. The van der Waals surface area contributed by atoms with Crippen molar-refractivity contribution in [3.8, 4) is 11.5 Å². The molecule has 1 amide bonds. The zero-order valence-corrected chi connectivity index (χ0v) is 14.9. The topological polar surface area (TPSA) is 73.6 Å². The van der Waals surface area contributed by atoms with Gasteiger partial charge in [0.2, 0.25) is 5.91 Å². The Labute approximate surface area is 147 Å². The molecular formula is C19H24N2O4. The van der Waals surface area contributed by atoms with Crippen LogP contribution in [0.3, 0.4) is 0 Å². The summed E-state index contributed by atoms with van der Waals surface area (Å²) >= 11 is 0. The van der Waals surface area contributed by atoms with Crippen LogP contribution in [-0.4, -0.2) is 31.3 Å². The van der Waals surface area contributed by atoms with Gasteiger partial charge in [-0.25, -0.2) is 0 Å². The number of nitrogens with zero attached hydrogens (tertiary/aromatic N) is 1. The molecule has 1 aromatic heterocycles. The zero-order valence-electron chi connectivity index (χ0n) is 14.9. The maximum Gasteiger partial charge on any atom is 0.234 e. The monoisotopic (exact) mass is 344 g/mol. The molecule has 1 aliphatic rings. The normalized spacial score (nSPS) is 16.6. The number of benzene rings is 1. The molecule has 1 N–H and O–H groups in total. The van der Waals surface area contributed by atoms with Crippen molar-refractivity contribution in [3.05, 3.63) is 41.8 Å². The predicted octanol–water partition coefficient (Wildman–Crippen LogP) is 2.86. The molecule has 1 saturated carbocycles. The van der Waals surface area contributed by atoms with Gasteiger partial charge in [0.25, 0.3) is 0 Å². The summed E-state index contributed by atoms with van der Waals surface area (Å²) in [6.45, 7) is 2.00. The smallest absolute Gasteiger partial charge is 0.234 e. The first-order valence-corrected chi connectivity index (χ1v) is 8.52. The quantitative estimate of drug-likeness (QED) is 0.836. The summed E-state index contributed by atoms with van der Waals surface area (Å²) in [7, 11) is 3.23. The van der Waals surface area contributed by atoms with Crippen LogP contribution >= 0.6 is 0 Å². The van der Waals surface area contributed by atoms with E-state index in [1.54, 1.807) is 26.5 Å². The fourth-order valence-electron chi connectivity index (χ4n) is 3.35. The minimum absolute atomic E-state index is 0.00834. The molecule has 0 aliphatic heterocycles. The fraction of sp³-hybridized carbons (Fsp3) is 0.474. The molecular weight excluding hydrogens is 320 g/mol. The summed E-state index contributed by atoms with van der Waals surface area (Å²) in [6.07, 6.45) is 4.93. The summed E-state index contributed by atoms with van der Waals surface area (Å²) in [5, 5.41) is 6.88. The van der Waals surface area contributed by atoms with E-state index >= 15 is 0 Å². The van der Waals surface area contributed by atoms with E-state index in [4.69, 9.17) is 14.0 Å². The zero-order chi connectivity index (χ0) is 17.9. The van der Waals surface area contributed by atoms with Crippen LogP contribution in [0.2, 0.25) is 0 Å². The minimum Gasteiger partial charge on any atom is -0.493 e. The van der Waals surface area contributed by atoms with Gasteiger partial charge in [0.1, 0.15) is 5.41 Å². The van der Waals surface area contributed by atoms with Crippen molar-refractivity contribution in [1.82, 2.24) is 10.5 Å². The number of hydrogen-bond donors (Lipinski definition) is 1. The number of aromatic nitrogens is 1. The summed E-state index contributed by atoms with van der Waals surface area (Å²) < 4.78 is 15.9. The van der Waals surface area contributed by atoms with Gasteiger partial charge in [-0.1, -0.05) is 17.6 Å². The molecule has 1 unspecified atom stereocenters. The molecule has 3 rings (SSSR count). The number of hydrogen-bond acceptors (Lipinski definition) is 5. The third-order valence-electron chi connectivity index (χ3n) is 4.92. The average molecular weight is 344 g/mol. The second-order valence-corrected chi connectivity index (χ2v) is 6.58. The molecule has 25 heavy (non-hydrogen) atoms. The van der Waals surface area contributed by atoms with Crippen LogP contribution < -0.4 is 14.8 Å². The van der Waals surface area contributed by atoms with Crippen molar-refractivity contribution in [3.63, 3.8) is 0 Å². The van der Waals surface area contributed by atoms with E-state index in [0.29, 0.717) is 23.7 Å². The molecule has 1 atom stereocenters. The summed E-state index contributed by atoms with van der Waals surface area (Å²) in [6, 6.07) is 7.59. The number of rotatable bonds is 7. The Hall–Kier alpha value is -2.50. The van der Waals surface area contributed by atoms with Crippen LogP contribution in [0, 0.1) is 0 Å². The van der Waals surface area contributed by atoms with Gasteiger partial charge in [-0.05, 0) is 43.9 Å². The molecule has 6 nitrogen and oxygen atoms in total. The lowest BCUT2D eigenvalue weighted by atomic mass is 9.66. The molecule has 0 spiro atoms. The highest BCUT2D eigenvalue weighted by Crippen LogP contribution is 2.44.